The van der Waals surface area contributed by atoms with E-state index in [0.29, 0.717) is 103 Å². The number of halogens is 5. The molecule has 21 heteroatoms. The van der Waals surface area contributed by atoms with E-state index in [1.807, 2.05) is 36.4 Å². The Morgan fingerprint density at radius 1 is 0.667 bits per heavy atom. The molecule has 3 N–H and O–H groups in total. The number of aromatic carboxylic acids is 2. The molecule has 12 rings (SSSR count). The molecule has 0 spiro atoms. The van der Waals surface area contributed by atoms with Crippen LogP contribution in [0.15, 0.2) is 109 Å². The first-order chi connectivity index (χ1) is 36.2. The van der Waals surface area contributed by atoms with E-state index in [-0.39, 0.29) is 24.0 Å². The van der Waals surface area contributed by atoms with Gasteiger partial charge in [-0.3, -0.25) is 14.5 Å². The lowest BCUT2D eigenvalue weighted by atomic mass is 10.0. The SMILES string of the molecule is O=C(O)c1csc(Br)c1.O=C(O)c1csc(N2C(=O)CCc3cc(OCc4c(-c5c(Cl)cccc5Cl)noc4C4CC4)ccc32)c1.O=C1CCc2cc(OCc3c(-c4c(Cl)cccc4Cl)noc3C3CC3)ccc2N1. The Bertz CT molecular complexity index is 3470. The van der Waals surface area contributed by atoms with Crippen molar-refractivity contribution in [2.24, 2.45) is 0 Å². The van der Waals surface area contributed by atoms with Crippen LogP contribution in [0.25, 0.3) is 22.5 Å². The summed E-state index contributed by atoms with van der Waals surface area (Å²) in [4.78, 5) is 47.4. The van der Waals surface area contributed by atoms with Crippen LogP contribution < -0.4 is 19.7 Å². The molecule has 2 aliphatic carbocycles. The van der Waals surface area contributed by atoms with Crippen molar-refractivity contribution < 1.29 is 47.9 Å². The van der Waals surface area contributed by atoms with Crippen LogP contribution in [-0.4, -0.2) is 44.3 Å². The number of nitrogens with one attached hydrogen (secondary N) is 1. The molecule has 8 aromatic rings. The minimum absolute atomic E-state index is 0.0472. The molecule has 0 unspecified atom stereocenters. The Balaban J connectivity index is 0.000000150. The maximum Gasteiger partial charge on any atom is 0.336 e. The van der Waals surface area contributed by atoms with Crippen molar-refractivity contribution in [3.05, 3.63) is 164 Å². The topological polar surface area (TPSA) is 195 Å². The number of carboxylic acids is 2. The maximum absolute atomic E-state index is 12.8. The lowest BCUT2D eigenvalue weighted by Crippen LogP contribution is -2.30. The Morgan fingerprint density at radius 2 is 1.17 bits per heavy atom. The maximum atomic E-state index is 12.8. The Hall–Kier alpha value is -6.18. The van der Waals surface area contributed by atoms with Crippen LogP contribution in [-0.2, 0) is 35.6 Å². The van der Waals surface area contributed by atoms with Gasteiger partial charge in [-0.2, -0.15) is 0 Å². The molecule has 2 saturated carbocycles. The van der Waals surface area contributed by atoms with Crippen molar-refractivity contribution in [3.8, 4) is 34.0 Å². The normalized spacial score (nSPS) is 14.7. The standard InChI is InChI=1S/C27H20Cl2N2O5S.C22H18Cl2N2O3.C5H3BrO2S/c28-19-2-1-3-20(29)24(19)25-18(26(36-30-25)14-4-5-14)12-35-17-7-8-21-15(10-17)6-9-22(32)31(21)23-11-16(13-37-23)27(33)34;23-16-2-1-3-17(24)20(16)21-15(22(29-26-21)12-4-5-12)11-28-14-7-8-18-13(10-14)6-9-19(27)25-18;6-4-1-3(2-9-4)5(7)8/h1-3,7-8,10-11,13-14H,4-6,9,12H2,(H,33,34);1-3,7-8,10,12H,4-6,9,11H2,(H,25,27);1-2H,(H,7,8). The van der Waals surface area contributed by atoms with Gasteiger partial charge in [0.25, 0.3) is 0 Å². The largest absolute Gasteiger partial charge is 0.489 e. The fourth-order valence-electron chi connectivity index (χ4n) is 8.63. The van der Waals surface area contributed by atoms with Crippen molar-refractivity contribution >= 4 is 125 Å². The van der Waals surface area contributed by atoms with Gasteiger partial charge in [0.1, 0.15) is 52.6 Å². The molecule has 0 radical (unpaired) electrons. The van der Waals surface area contributed by atoms with Gasteiger partial charge in [-0.15, -0.1) is 22.7 Å². The number of carboxylic acid groups (broad SMARTS) is 2. The molecular formula is C54H41BrCl4N4O10S2. The Labute approximate surface area is 465 Å². The van der Waals surface area contributed by atoms with Crippen LogP contribution in [0.1, 0.15) is 105 Å². The summed E-state index contributed by atoms with van der Waals surface area (Å²) in [5.41, 5.74) is 8.31. The van der Waals surface area contributed by atoms with Gasteiger partial charge < -0.3 is 34.0 Å². The summed E-state index contributed by atoms with van der Waals surface area (Å²) >= 11 is 31.5. The van der Waals surface area contributed by atoms with E-state index >= 15 is 0 Å². The number of carbonyl (C=O) groups excluding carboxylic acids is 2. The van der Waals surface area contributed by atoms with Gasteiger partial charge in [-0.05, 0) is 138 Å². The van der Waals surface area contributed by atoms with E-state index in [4.69, 9.17) is 70.0 Å². The molecule has 0 atom stereocenters. The summed E-state index contributed by atoms with van der Waals surface area (Å²) in [5, 5.41) is 34.9. The van der Waals surface area contributed by atoms with Gasteiger partial charge in [0.2, 0.25) is 11.8 Å². The van der Waals surface area contributed by atoms with Gasteiger partial charge in [-0.1, -0.05) is 68.8 Å². The first kappa shape index (κ1) is 52.3. The third-order valence-electron chi connectivity index (χ3n) is 12.7. The molecule has 2 amide bonds. The number of hydrogen-bond donors (Lipinski definition) is 3. The zero-order valence-electron chi connectivity index (χ0n) is 39.2. The molecule has 0 saturated heterocycles. The molecule has 75 heavy (non-hydrogen) atoms. The second kappa shape index (κ2) is 22.6. The average Bonchev–Trinajstić information content (AvgIpc) is 4.21. The molecule has 384 valence electrons. The first-order valence-electron chi connectivity index (χ1n) is 23.5. The molecule has 2 fully saturated rings. The number of fused-ring (bicyclic) bond motifs is 2. The van der Waals surface area contributed by atoms with Crippen molar-refractivity contribution in [2.45, 2.75) is 76.4 Å². The fraction of sp³-hybridized carbons (Fsp3) is 0.222. The summed E-state index contributed by atoms with van der Waals surface area (Å²) in [6.07, 6.45) is 6.32. The minimum Gasteiger partial charge on any atom is -0.489 e. The smallest absolute Gasteiger partial charge is 0.336 e. The number of anilines is 3. The fourth-order valence-corrected chi connectivity index (χ4v) is 11.8. The van der Waals surface area contributed by atoms with Gasteiger partial charge in [0.15, 0.2) is 0 Å². The number of rotatable bonds is 13. The number of amides is 2. The Morgan fingerprint density at radius 3 is 1.67 bits per heavy atom. The van der Waals surface area contributed by atoms with Gasteiger partial charge in [-0.25, -0.2) is 9.59 Å². The lowest BCUT2D eigenvalue weighted by Gasteiger charge is -2.28. The van der Waals surface area contributed by atoms with Crippen molar-refractivity contribution in [1.82, 2.24) is 10.3 Å². The average molecular weight is 1190 g/mol. The van der Waals surface area contributed by atoms with E-state index in [9.17, 15) is 24.3 Å². The van der Waals surface area contributed by atoms with Crippen LogP contribution in [0.4, 0.5) is 16.4 Å². The number of ether oxygens (including phenoxy) is 2. The summed E-state index contributed by atoms with van der Waals surface area (Å²) in [5.74, 6) is 1.79. The number of benzene rings is 4. The molecule has 4 aliphatic rings. The highest BCUT2D eigenvalue weighted by Crippen LogP contribution is 2.48. The summed E-state index contributed by atoms with van der Waals surface area (Å²) in [6, 6.07) is 25.1. The molecule has 14 nitrogen and oxygen atoms in total. The van der Waals surface area contributed by atoms with E-state index in [1.165, 1.54) is 34.1 Å². The third kappa shape index (κ3) is 11.8. The summed E-state index contributed by atoms with van der Waals surface area (Å²) < 4.78 is 24.6. The molecule has 4 aromatic heterocycles. The summed E-state index contributed by atoms with van der Waals surface area (Å²) in [6.45, 7) is 0.526. The predicted octanol–water partition coefficient (Wildman–Crippen LogP) is 15.7. The predicted molar refractivity (Wildman–Crippen MR) is 292 cm³/mol. The van der Waals surface area contributed by atoms with Crippen LogP contribution in [0.5, 0.6) is 11.5 Å². The zero-order chi connectivity index (χ0) is 52.5. The van der Waals surface area contributed by atoms with Gasteiger partial charge in [0.05, 0.1) is 51.8 Å². The van der Waals surface area contributed by atoms with E-state index in [1.54, 1.807) is 52.7 Å². The van der Waals surface area contributed by atoms with Crippen LogP contribution in [0.2, 0.25) is 20.1 Å². The number of thiophene rings is 2. The second-order valence-corrected chi connectivity index (χ2v) is 22.7. The monoisotopic (exact) mass is 1190 g/mol. The Kier molecular flexibility index (Phi) is 15.7. The molecule has 6 heterocycles. The molecule has 2 aliphatic heterocycles. The lowest BCUT2D eigenvalue weighted by molar-refractivity contribution is -0.118. The number of nitrogens with zero attached hydrogens (tertiary/aromatic N) is 3. The number of aromatic nitrogens is 2. The van der Waals surface area contributed by atoms with Crippen molar-refractivity contribution in [1.29, 1.82) is 0 Å². The third-order valence-corrected chi connectivity index (χ3v) is 16.4. The zero-order valence-corrected chi connectivity index (χ0v) is 45.4. The first-order valence-corrected chi connectivity index (χ1v) is 27.6. The van der Waals surface area contributed by atoms with Crippen molar-refractivity contribution in [2.75, 3.05) is 10.2 Å². The highest BCUT2D eigenvalue weighted by Gasteiger charge is 2.36. The quantitative estimate of drug-likeness (QED) is 0.0990. The molecule has 4 aromatic carbocycles. The second-order valence-electron chi connectivity index (χ2n) is 17.9. The van der Waals surface area contributed by atoms with Crippen LogP contribution >= 0.6 is 85.0 Å². The van der Waals surface area contributed by atoms with Gasteiger partial charge in [0, 0.05) is 52.3 Å². The molecular weight excluding hydrogens is 1150 g/mol. The number of hydrogen-bond acceptors (Lipinski definition) is 12. The number of aryl methyl sites for hydroxylation is 2. The molecule has 0 bridgehead atoms. The minimum atomic E-state index is -1.02. The number of carbonyl (C=O) groups is 4. The van der Waals surface area contributed by atoms with Crippen LogP contribution in [0.3, 0.4) is 0 Å². The summed E-state index contributed by atoms with van der Waals surface area (Å²) in [7, 11) is 0. The van der Waals surface area contributed by atoms with Crippen LogP contribution in [0, 0.1) is 0 Å². The van der Waals surface area contributed by atoms with E-state index in [0.717, 1.165) is 80.4 Å². The van der Waals surface area contributed by atoms with Gasteiger partial charge >= 0.3 is 11.9 Å². The van der Waals surface area contributed by atoms with E-state index in [2.05, 4.69) is 31.6 Å². The van der Waals surface area contributed by atoms with Crippen molar-refractivity contribution in [3.63, 3.8) is 0 Å². The highest BCUT2D eigenvalue weighted by molar-refractivity contribution is 9.11. The van der Waals surface area contributed by atoms with E-state index < -0.39 is 11.9 Å². The highest BCUT2D eigenvalue weighted by atomic mass is 79.9.